The van der Waals surface area contributed by atoms with Crippen LogP contribution in [0.1, 0.15) is 30.7 Å². The molecule has 1 aromatic heterocycles. The molecule has 0 saturated carbocycles. The van der Waals surface area contributed by atoms with E-state index in [1.165, 1.54) is 0 Å². The van der Waals surface area contributed by atoms with Crippen molar-refractivity contribution < 1.29 is 8.42 Å². The molecule has 0 amide bonds. The second-order valence-electron chi connectivity index (χ2n) is 5.12. The molecular formula is C13H21N3O2S. The summed E-state index contributed by atoms with van der Waals surface area (Å²) in [6, 6.07) is 3.64. The molecule has 1 unspecified atom stereocenters. The van der Waals surface area contributed by atoms with Crippen LogP contribution in [-0.2, 0) is 10.0 Å². The summed E-state index contributed by atoms with van der Waals surface area (Å²) in [5.41, 5.74) is 2.16. The number of hydrogen-bond acceptors (Lipinski definition) is 4. The maximum atomic E-state index is 12.1. The van der Waals surface area contributed by atoms with Crippen LogP contribution in [0.2, 0.25) is 0 Å². The number of nitrogens with zero attached hydrogens (tertiary/aromatic N) is 1. The van der Waals surface area contributed by atoms with E-state index in [1.807, 2.05) is 19.9 Å². The molecule has 0 spiro atoms. The van der Waals surface area contributed by atoms with Crippen molar-refractivity contribution in [1.29, 1.82) is 0 Å². The van der Waals surface area contributed by atoms with Gasteiger partial charge in [0.1, 0.15) is 0 Å². The predicted molar refractivity (Wildman–Crippen MR) is 76.8 cm³/mol. The largest absolute Gasteiger partial charge is 0.313 e. The molecule has 1 aromatic rings. The minimum Gasteiger partial charge on any atom is -0.313 e. The normalized spacial score (nSPS) is 20.2. The number of aromatic nitrogens is 1. The van der Waals surface area contributed by atoms with E-state index in [0.29, 0.717) is 11.4 Å². The zero-order valence-corrected chi connectivity index (χ0v) is 12.3. The van der Waals surface area contributed by atoms with E-state index in [1.54, 1.807) is 6.07 Å². The van der Waals surface area contributed by atoms with Crippen molar-refractivity contribution in [2.24, 2.45) is 0 Å². The van der Waals surface area contributed by atoms with Crippen LogP contribution in [0.3, 0.4) is 0 Å². The Morgan fingerprint density at radius 1 is 1.37 bits per heavy atom. The van der Waals surface area contributed by atoms with Gasteiger partial charge in [-0.1, -0.05) is 6.42 Å². The number of nitrogens with one attached hydrogen (secondary N) is 2. The molecule has 2 N–H and O–H groups in total. The van der Waals surface area contributed by atoms with Gasteiger partial charge in [0, 0.05) is 11.7 Å². The quantitative estimate of drug-likeness (QED) is 0.880. The van der Waals surface area contributed by atoms with Gasteiger partial charge in [0.2, 0.25) is 10.0 Å². The van der Waals surface area contributed by atoms with Crippen LogP contribution >= 0.6 is 0 Å². The molecular weight excluding hydrogens is 262 g/mol. The third-order valence-corrected chi connectivity index (χ3v) is 4.70. The van der Waals surface area contributed by atoms with Gasteiger partial charge in [-0.05, 0) is 45.4 Å². The van der Waals surface area contributed by atoms with Crippen molar-refractivity contribution >= 4 is 15.7 Å². The van der Waals surface area contributed by atoms with Gasteiger partial charge in [0.25, 0.3) is 0 Å². The molecule has 0 aliphatic carbocycles. The zero-order valence-electron chi connectivity index (χ0n) is 11.4. The van der Waals surface area contributed by atoms with E-state index in [-0.39, 0.29) is 11.8 Å². The fraction of sp³-hybridized carbons (Fsp3) is 0.615. The number of piperidine rings is 1. The van der Waals surface area contributed by atoms with E-state index in [0.717, 1.165) is 31.5 Å². The van der Waals surface area contributed by atoms with Crippen LogP contribution in [0.25, 0.3) is 0 Å². The second-order valence-corrected chi connectivity index (χ2v) is 6.88. The molecule has 19 heavy (non-hydrogen) atoms. The molecule has 1 saturated heterocycles. The average Bonchev–Trinajstić information content (AvgIpc) is 2.33. The molecule has 0 bridgehead atoms. The van der Waals surface area contributed by atoms with E-state index in [2.05, 4.69) is 15.0 Å². The van der Waals surface area contributed by atoms with Crippen molar-refractivity contribution in [2.45, 2.75) is 39.2 Å². The van der Waals surface area contributed by atoms with Crippen molar-refractivity contribution in [3.8, 4) is 0 Å². The van der Waals surface area contributed by atoms with Crippen LogP contribution in [-0.4, -0.2) is 31.7 Å². The number of pyridine rings is 1. The summed E-state index contributed by atoms with van der Waals surface area (Å²) in [6.07, 6.45) is 3.15. The molecule has 2 rings (SSSR count). The Hall–Kier alpha value is -1.14. The molecule has 106 valence electrons. The van der Waals surface area contributed by atoms with Gasteiger partial charge in [-0.2, -0.15) is 0 Å². The molecule has 1 fully saturated rings. The smallest absolute Gasteiger partial charge is 0.234 e. The van der Waals surface area contributed by atoms with Gasteiger partial charge in [-0.25, -0.2) is 8.42 Å². The first-order valence-electron chi connectivity index (χ1n) is 6.64. The van der Waals surface area contributed by atoms with Crippen molar-refractivity contribution in [2.75, 3.05) is 17.0 Å². The Bertz CT molecular complexity index is 537. The number of rotatable bonds is 4. The van der Waals surface area contributed by atoms with Crippen LogP contribution in [0.15, 0.2) is 12.1 Å². The standard InChI is InChI=1S/C13H21N3O2S/c1-10-6-7-13(11(2)15-10)16-19(17,18)9-12-5-3-4-8-14-12/h6-7,12,14,16H,3-5,8-9H2,1-2H3. The number of sulfonamides is 1. The summed E-state index contributed by atoms with van der Waals surface area (Å²) in [7, 11) is -3.32. The van der Waals surface area contributed by atoms with E-state index in [9.17, 15) is 8.42 Å². The summed E-state index contributed by atoms with van der Waals surface area (Å²) >= 11 is 0. The first-order chi connectivity index (χ1) is 8.96. The minimum absolute atomic E-state index is 0.0602. The highest BCUT2D eigenvalue weighted by molar-refractivity contribution is 7.92. The van der Waals surface area contributed by atoms with E-state index >= 15 is 0 Å². The molecule has 1 atom stereocenters. The highest BCUT2D eigenvalue weighted by Crippen LogP contribution is 2.16. The van der Waals surface area contributed by atoms with Crippen LogP contribution in [0.5, 0.6) is 0 Å². The van der Waals surface area contributed by atoms with Gasteiger partial charge in [0.15, 0.2) is 0 Å². The van der Waals surface area contributed by atoms with Gasteiger partial charge in [-0.3, -0.25) is 9.71 Å². The molecule has 1 aliphatic rings. The maximum absolute atomic E-state index is 12.1. The maximum Gasteiger partial charge on any atom is 0.234 e. The summed E-state index contributed by atoms with van der Waals surface area (Å²) in [5.74, 6) is 0.125. The number of aryl methyl sites for hydroxylation is 2. The molecule has 5 nitrogen and oxygen atoms in total. The number of hydrogen-bond donors (Lipinski definition) is 2. The van der Waals surface area contributed by atoms with Crippen molar-refractivity contribution in [1.82, 2.24) is 10.3 Å². The lowest BCUT2D eigenvalue weighted by Gasteiger charge is -2.23. The molecule has 1 aliphatic heterocycles. The number of anilines is 1. The second kappa shape index (κ2) is 5.88. The predicted octanol–water partition coefficient (Wildman–Crippen LogP) is 1.58. The summed E-state index contributed by atoms with van der Waals surface area (Å²) < 4.78 is 26.9. The molecule has 0 aromatic carbocycles. The Labute approximate surface area is 114 Å². The average molecular weight is 283 g/mol. The highest BCUT2D eigenvalue weighted by Gasteiger charge is 2.21. The van der Waals surface area contributed by atoms with E-state index < -0.39 is 10.0 Å². The van der Waals surface area contributed by atoms with Gasteiger partial charge in [-0.15, -0.1) is 0 Å². The van der Waals surface area contributed by atoms with Crippen LogP contribution < -0.4 is 10.0 Å². The summed E-state index contributed by atoms with van der Waals surface area (Å²) in [6.45, 7) is 4.60. The van der Waals surface area contributed by atoms with Gasteiger partial charge >= 0.3 is 0 Å². The Balaban J connectivity index is 2.03. The summed E-state index contributed by atoms with van der Waals surface area (Å²) in [4.78, 5) is 4.26. The highest BCUT2D eigenvalue weighted by atomic mass is 32.2. The monoisotopic (exact) mass is 283 g/mol. The fourth-order valence-electron chi connectivity index (χ4n) is 2.33. The lowest BCUT2D eigenvalue weighted by Crippen LogP contribution is -2.40. The lowest BCUT2D eigenvalue weighted by atomic mass is 10.1. The fourth-order valence-corrected chi connectivity index (χ4v) is 3.78. The van der Waals surface area contributed by atoms with Crippen molar-refractivity contribution in [3.63, 3.8) is 0 Å². The first-order valence-corrected chi connectivity index (χ1v) is 8.30. The summed E-state index contributed by atoms with van der Waals surface area (Å²) in [5, 5.41) is 3.25. The lowest BCUT2D eigenvalue weighted by molar-refractivity contribution is 0.424. The van der Waals surface area contributed by atoms with E-state index in [4.69, 9.17) is 0 Å². The Kier molecular flexibility index (Phi) is 4.42. The molecule has 2 heterocycles. The SMILES string of the molecule is Cc1ccc(NS(=O)(=O)CC2CCCCN2)c(C)n1. The minimum atomic E-state index is -3.32. The Morgan fingerprint density at radius 2 is 2.16 bits per heavy atom. The third kappa shape index (κ3) is 4.18. The topological polar surface area (TPSA) is 71.1 Å². The Morgan fingerprint density at radius 3 is 2.79 bits per heavy atom. The van der Waals surface area contributed by atoms with Gasteiger partial charge < -0.3 is 5.32 Å². The van der Waals surface area contributed by atoms with Gasteiger partial charge in [0.05, 0.1) is 17.1 Å². The molecule has 6 heteroatoms. The van der Waals surface area contributed by atoms with Crippen LogP contribution in [0, 0.1) is 13.8 Å². The molecule has 0 radical (unpaired) electrons. The van der Waals surface area contributed by atoms with Crippen LogP contribution in [0.4, 0.5) is 5.69 Å². The third-order valence-electron chi connectivity index (χ3n) is 3.32. The zero-order chi connectivity index (χ0) is 13.9. The first kappa shape index (κ1) is 14.3. The van der Waals surface area contributed by atoms with Crippen molar-refractivity contribution in [3.05, 3.63) is 23.5 Å².